The van der Waals surface area contributed by atoms with Gasteiger partial charge in [0.15, 0.2) is 0 Å². The van der Waals surface area contributed by atoms with Crippen molar-refractivity contribution in [1.82, 2.24) is 4.90 Å². The van der Waals surface area contributed by atoms with E-state index in [1.807, 2.05) is 0 Å². The molecule has 0 amide bonds. The molecule has 1 unspecified atom stereocenters. The summed E-state index contributed by atoms with van der Waals surface area (Å²) in [6, 6.07) is 2.92. The largest absolute Gasteiger partial charge is 0.396 e. The van der Waals surface area contributed by atoms with Crippen LogP contribution in [0.2, 0.25) is 0 Å². The Morgan fingerprint density at radius 3 is 3.20 bits per heavy atom. The van der Waals surface area contributed by atoms with E-state index in [9.17, 15) is 0 Å². The Labute approximate surface area is 95.5 Å². The van der Waals surface area contributed by atoms with Gasteiger partial charge in [0.05, 0.1) is 0 Å². The summed E-state index contributed by atoms with van der Waals surface area (Å²) in [5, 5.41) is 13.2. The number of aliphatic hydroxyl groups is 1. The molecule has 1 aliphatic heterocycles. The molecule has 1 aromatic rings. The zero-order valence-corrected chi connectivity index (χ0v) is 9.88. The zero-order chi connectivity index (χ0) is 10.5. The summed E-state index contributed by atoms with van der Waals surface area (Å²) >= 11 is 1.78. The summed E-state index contributed by atoms with van der Waals surface area (Å²) in [5.41, 5.74) is 1.44. The second kappa shape index (κ2) is 5.64. The number of hydrogen-bond acceptors (Lipinski definition) is 3. The third-order valence-corrected chi connectivity index (χ3v) is 3.89. The summed E-state index contributed by atoms with van der Waals surface area (Å²) < 4.78 is 0. The highest BCUT2D eigenvalue weighted by Gasteiger charge is 2.23. The molecule has 0 spiro atoms. The van der Waals surface area contributed by atoms with E-state index in [0.29, 0.717) is 12.6 Å². The minimum absolute atomic E-state index is 0.336. The molecule has 0 saturated carbocycles. The maximum absolute atomic E-state index is 8.85. The molecule has 0 radical (unpaired) electrons. The van der Waals surface area contributed by atoms with E-state index in [2.05, 4.69) is 21.7 Å². The van der Waals surface area contributed by atoms with Crippen LogP contribution in [-0.4, -0.2) is 29.2 Å². The van der Waals surface area contributed by atoms with Crippen molar-refractivity contribution in [2.75, 3.05) is 13.2 Å². The van der Waals surface area contributed by atoms with Crippen LogP contribution in [0.3, 0.4) is 0 Å². The third-order valence-electron chi connectivity index (χ3n) is 3.16. The van der Waals surface area contributed by atoms with Gasteiger partial charge in [-0.3, -0.25) is 4.90 Å². The van der Waals surface area contributed by atoms with E-state index in [-0.39, 0.29) is 0 Å². The number of hydrogen-bond donors (Lipinski definition) is 1. The molecule has 3 heteroatoms. The minimum Gasteiger partial charge on any atom is -0.396 e. The Kier molecular flexibility index (Phi) is 4.18. The van der Waals surface area contributed by atoms with Gasteiger partial charge in [-0.25, -0.2) is 0 Å². The molecule has 84 valence electrons. The Bertz CT molecular complexity index is 273. The van der Waals surface area contributed by atoms with Gasteiger partial charge in [0.25, 0.3) is 0 Å². The summed E-state index contributed by atoms with van der Waals surface area (Å²) in [7, 11) is 0. The minimum atomic E-state index is 0.336. The Morgan fingerprint density at radius 1 is 1.53 bits per heavy atom. The van der Waals surface area contributed by atoms with Crippen LogP contribution < -0.4 is 0 Å². The molecule has 2 rings (SSSR count). The first kappa shape index (κ1) is 11.1. The van der Waals surface area contributed by atoms with Crippen molar-refractivity contribution < 1.29 is 5.11 Å². The van der Waals surface area contributed by atoms with Gasteiger partial charge in [-0.2, -0.15) is 11.3 Å². The SMILES string of the molecule is OCCCC1CCCN1Cc1ccsc1. The lowest BCUT2D eigenvalue weighted by molar-refractivity contribution is 0.210. The molecule has 1 aromatic heterocycles. The molecule has 0 aromatic carbocycles. The van der Waals surface area contributed by atoms with Gasteiger partial charge in [-0.05, 0) is 54.6 Å². The van der Waals surface area contributed by atoms with E-state index in [0.717, 1.165) is 19.4 Å². The molecule has 2 nitrogen and oxygen atoms in total. The summed E-state index contributed by atoms with van der Waals surface area (Å²) in [5.74, 6) is 0. The molecule has 1 atom stereocenters. The van der Waals surface area contributed by atoms with Gasteiger partial charge in [-0.1, -0.05) is 0 Å². The zero-order valence-electron chi connectivity index (χ0n) is 9.06. The van der Waals surface area contributed by atoms with Crippen molar-refractivity contribution in [2.45, 2.75) is 38.3 Å². The van der Waals surface area contributed by atoms with Crippen molar-refractivity contribution in [2.24, 2.45) is 0 Å². The number of nitrogens with zero attached hydrogens (tertiary/aromatic N) is 1. The van der Waals surface area contributed by atoms with Crippen LogP contribution in [-0.2, 0) is 6.54 Å². The lowest BCUT2D eigenvalue weighted by Crippen LogP contribution is -2.28. The highest BCUT2D eigenvalue weighted by atomic mass is 32.1. The van der Waals surface area contributed by atoms with E-state index in [1.165, 1.54) is 24.9 Å². The first-order valence-corrected chi connectivity index (χ1v) is 6.70. The molecule has 0 aliphatic carbocycles. The van der Waals surface area contributed by atoms with Crippen LogP contribution in [0, 0.1) is 0 Å². The van der Waals surface area contributed by atoms with Gasteiger partial charge in [-0.15, -0.1) is 0 Å². The molecule has 1 saturated heterocycles. The Balaban J connectivity index is 1.85. The van der Waals surface area contributed by atoms with Crippen molar-refractivity contribution in [1.29, 1.82) is 0 Å². The topological polar surface area (TPSA) is 23.5 Å². The predicted octanol–water partition coefficient (Wildman–Crippen LogP) is 2.49. The number of thiophene rings is 1. The Morgan fingerprint density at radius 2 is 2.47 bits per heavy atom. The van der Waals surface area contributed by atoms with Crippen LogP contribution >= 0.6 is 11.3 Å². The van der Waals surface area contributed by atoms with Crippen molar-refractivity contribution >= 4 is 11.3 Å². The van der Waals surface area contributed by atoms with Gasteiger partial charge in [0.2, 0.25) is 0 Å². The first-order chi connectivity index (χ1) is 7.40. The standard InChI is InChI=1S/C12H19NOS/c14-7-2-4-12-3-1-6-13(12)9-11-5-8-15-10-11/h5,8,10,12,14H,1-4,6-7,9H2. The molecule has 1 fully saturated rings. The van der Waals surface area contributed by atoms with Gasteiger partial charge in [0, 0.05) is 19.2 Å². The Hall–Kier alpha value is -0.380. The molecule has 1 aliphatic rings. The lowest BCUT2D eigenvalue weighted by atomic mass is 10.1. The molecular formula is C12H19NOS. The van der Waals surface area contributed by atoms with Gasteiger partial charge in [0.1, 0.15) is 0 Å². The molecule has 15 heavy (non-hydrogen) atoms. The predicted molar refractivity (Wildman–Crippen MR) is 64.1 cm³/mol. The second-order valence-electron chi connectivity index (χ2n) is 4.26. The van der Waals surface area contributed by atoms with E-state index >= 15 is 0 Å². The fourth-order valence-electron chi connectivity index (χ4n) is 2.37. The number of likely N-dealkylation sites (tertiary alicyclic amines) is 1. The van der Waals surface area contributed by atoms with Crippen LogP contribution in [0.15, 0.2) is 16.8 Å². The fraction of sp³-hybridized carbons (Fsp3) is 0.667. The van der Waals surface area contributed by atoms with Crippen LogP contribution in [0.25, 0.3) is 0 Å². The molecule has 0 bridgehead atoms. The van der Waals surface area contributed by atoms with Crippen LogP contribution in [0.4, 0.5) is 0 Å². The monoisotopic (exact) mass is 225 g/mol. The maximum atomic E-state index is 8.85. The first-order valence-electron chi connectivity index (χ1n) is 5.76. The average molecular weight is 225 g/mol. The van der Waals surface area contributed by atoms with Crippen molar-refractivity contribution in [3.8, 4) is 0 Å². The molecular weight excluding hydrogens is 206 g/mol. The van der Waals surface area contributed by atoms with Gasteiger partial charge >= 0.3 is 0 Å². The summed E-state index contributed by atoms with van der Waals surface area (Å²) in [4.78, 5) is 2.57. The highest BCUT2D eigenvalue weighted by molar-refractivity contribution is 7.07. The molecule has 1 N–H and O–H groups in total. The smallest absolute Gasteiger partial charge is 0.0431 e. The second-order valence-corrected chi connectivity index (χ2v) is 5.04. The summed E-state index contributed by atoms with van der Waals surface area (Å²) in [6.45, 7) is 2.66. The maximum Gasteiger partial charge on any atom is 0.0431 e. The quantitative estimate of drug-likeness (QED) is 0.832. The van der Waals surface area contributed by atoms with E-state index in [4.69, 9.17) is 5.11 Å². The molecule has 2 heterocycles. The number of rotatable bonds is 5. The fourth-order valence-corrected chi connectivity index (χ4v) is 3.03. The van der Waals surface area contributed by atoms with Crippen LogP contribution in [0.1, 0.15) is 31.2 Å². The average Bonchev–Trinajstić information content (AvgIpc) is 2.87. The normalized spacial score (nSPS) is 22.3. The highest BCUT2D eigenvalue weighted by Crippen LogP contribution is 2.23. The number of aliphatic hydroxyl groups excluding tert-OH is 1. The van der Waals surface area contributed by atoms with Crippen molar-refractivity contribution in [3.05, 3.63) is 22.4 Å². The third kappa shape index (κ3) is 3.03. The van der Waals surface area contributed by atoms with E-state index < -0.39 is 0 Å². The van der Waals surface area contributed by atoms with Crippen LogP contribution in [0.5, 0.6) is 0 Å². The van der Waals surface area contributed by atoms with Crippen molar-refractivity contribution in [3.63, 3.8) is 0 Å². The summed E-state index contributed by atoms with van der Waals surface area (Å²) in [6.07, 6.45) is 4.73. The van der Waals surface area contributed by atoms with Gasteiger partial charge < -0.3 is 5.11 Å². The lowest BCUT2D eigenvalue weighted by Gasteiger charge is -2.23. The van der Waals surface area contributed by atoms with E-state index in [1.54, 1.807) is 11.3 Å².